The van der Waals surface area contributed by atoms with Gasteiger partial charge in [-0.1, -0.05) is 30.4 Å². The van der Waals surface area contributed by atoms with Crippen LogP contribution in [0.3, 0.4) is 0 Å². The smallest absolute Gasteiger partial charge is 0.256 e. The lowest BCUT2D eigenvalue weighted by Crippen LogP contribution is -2.48. The van der Waals surface area contributed by atoms with Crippen molar-refractivity contribution in [3.8, 4) is 0 Å². The first-order valence-corrected chi connectivity index (χ1v) is 8.28. The lowest BCUT2D eigenvalue weighted by molar-refractivity contribution is -0.139. The lowest BCUT2D eigenvalue weighted by Gasteiger charge is -2.32. The number of rotatable bonds is 7. The quantitative estimate of drug-likeness (QED) is 0.250. The fourth-order valence-corrected chi connectivity index (χ4v) is 2.80. The van der Waals surface area contributed by atoms with E-state index in [1.807, 2.05) is 28.7 Å². The van der Waals surface area contributed by atoms with Gasteiger partial charge in [0.25, 0.3) is 5.91 Å². The van der Waals surface area contributed by atoms with Crippen LogP contribution in [0.5, 0.6) is 0 Å². The molecule has 1 amide bonds. The Labute approximate surface area is 160 Å². The van der Waals surface area contributed by atoms with Crippen molar-refractivity contribution in [3.05, 3.63) is 52.1 Å². The van der Waals surface area contributed by atoms with Crippen molar-refractivity contribution in [2.75, 3.05) is 25.5 Å². The predicted molar refractivity (Wildman–Crippen MR) is 104 cm³/mol. The summed E-state index contributed by atoms with van der Waals surface area (Å²) in [6.07, 6.45) is 4.65. The summed E-state index contributed by atoms with van der Waals surface area (Å²) in [5.74, 6) is -3.59. The van der Waals surface area contributed by atoms with Crippen molar-refractivity contribution in [1.29, 1.82) is 0 Å². The molecule has 8 heteroatoms. The fourth-order valence-electron chi connectivity index (χ4n) is 2.14. The summed E-state index contributed by atoms with van der Waals surface area (Å²) in [5.41, 5.74) is 2.90. The van der Waals surface area contributed by atoms with Crippen LogP contribution in [0.2, 0.25) is 0 Å². The van der Waals surface area contributed by atoms with Crippen molar-refractivity contribution in [2.45, 2.75) is 5.79 Å². The van der Waals surface area contributed by atoms with E-state index >= 15 is 4.39 Å². The molecular weight excluding hydrogens is 448 g/mol. The van der Waals surface area contributed by atoms with Gasteiger partial charge >= 0.3 is 0 Å². The third kappa shape index (κ3) is 5.73. The Morgan fingerprint density at radius 3 is 2.75 bits per heavy atom. The molecule has 1 aromatic rings. The van der Waals surface area contributed by atoms with Crippen molar-refractivity contribution in [2.24, 2.45) is 5.92 Å². The van der Waals surface area contributed by atoms with E-state index in [0.717, 1.165) is 0 Å². The molecule has 0 aromatic heterocycles. The van der Waals surface area contributed by atoms with Crippen molar-refractivity contribution in [1.82, 2.24) is 10.8 Å². The Bertz CT molecular complexity index is 600. The number of carbonyl (C=O) groups excluding carboxylic acids is 1. The van der Waals surface area contributed by atoms with Gasteiger partial charge in [-0.3, -0.25) is 9.63 Å². The Kier molecular flexibility index (Phi) is 8.68. The third-order valence-corrected chi connectivity index (χ3v) is 3.94. The van der Waals surface area contributed by atoms with Crippen LogP contribution in [-0.4, -0.2) is 31.9 Å². The predicted octanol–water partition coefficient (Wildman–Crippen LogP) is 2.96. The summed E-state index contributed by atoms with van der Waals surface area (Å²) < 4.78 is 16.1. The van der Waals surface area contributed by atoms with Crippen LogP contribution in [0.25, 0.3) is 0 Å². The number of allylic oxidation sites excluding steroid dienone is 2. The van der Waals surface area contributed by atoms with Crippen LogP contribution < -0.4 is 16.1 Å². The van der Waals surface area contributed by atoms with Crippen LogP contribution in [0.4, 0.5) is 10.1 Å². The molecule has 0 fully saturated rings. The van der Waals surface area contributed by atoms with Crippen LogP contribution in [0, 0.1) is 5.92 Å². The molecule has 0 radical (unpaired) electrons. The number of para-hydroxylation sites is 1. The number of carbonyl (C=O) groups is 1. The van der Waals surface area contributed by atoms with Crippen molar-refractivity contribution in [3.63, 3.8) is 0 Å². The minimum Gasteiger partial charge on any atom is -0.349 e. The second-order valence-corrected chi connectivity index (χ2v) is 6.29. The standard InChI is InChI=1S/C16H19FIN3O2.ClH/c1-19-9-10-23-21-15(22)14-8-7-12(18)11-16(14,17)20-13-5-3-2-4-6-13;/h2-8,11,14,19-20H,9-10H2,1H3,(H,21,22);1H. The van der Waals surface area contributed by atoms with Gasteiger partial charge in [0.05, 0.1) is 6.61 Å². The Morgan fingerprint density at radius 2 is 2.08 bits per heavy atom. The van der Waals surface area contributed by atoms with E-state index in [-0.39, 0.29) is 12.4 Å². The van der Waals surface area contributed by atoms with Gasteiger partial charge in [-0.25, -0.2) is 9.87 Å². The summed E-state index contributed by atoms with van der Waals surface area (Å²) in [7, 11) is 1.78. The summed E-state index contributed by atoms with van der Waals surface area (Å²) in [6.45, 7) is 0.888. The molecule has 2 rings (SSSR count). The molecule has 1 aliphatic rings. The van der Waals surface area contributed by atoms with Crippen molar-refractivity contribution < 1.29 is 14.0 Å². The highest BCUT2D eigenvalue weighted by Gasteiger charge is 2.42. The highest BCUT2D eigenvalue weighted by Crippen LogP contribution is 2.34. The molecule has 0 bridgehead atoms. The highest BCUT2D eigenvalue weighted by molar-refractivity contribution is 14.1. The zero-order valence-corrected chi connectivity index (χ0v) is 16.1. The molecule has 1 aromatic carbocycles. The molecule has 0 saturated heterocycles. The lowest BCUT2D eigenvalue weighted by atomic mass is 9.91. The van der Waals surface area contributed by atoms with E-state index in [1.165, 1.54) is 12.2 Å². The van der Waals surface area contributed by atoms with Crippen LogP contribution in [-0.2, 0) is 9.63 Å². The zero-order chi connectivity index (χ0) is 16.7. The minimum absolute atomic E-state index is 0. The number of alkyl halides is 1. The summed E-state index contributed by atoms with van der Waals surface area (Å²) in [4.78, 5) is 17.3. The van der Waals surface area contributed by atoms with Gasteiger partial charge in [-0.05, 0) is 47.8 Å². The maximum absolute atomic E-state index is 15.4. The molecule has 132 valence electrons. The normalized spacial score (nSPS) is 22.3. The molecule has 0 saturated carbocycles. The molecule has 24 heavy (non-hydrogen) atoms. The summed E-state index contributed by atoms with van der Waals surface area (Å²) in [5, 5.41) is 5.68. The van der Waals surface area contributed by atoms with Gasteiger partial charge in [-0.15, -0.1) is 12.4 Å². The molecule has 5 nitrogen and oxygen atoms in total. The number of likely N-dealkylation sites (N-methyl/N-ethyl adjacent to an activating group) is 1. The molecule has 0 spiro atoms. The SMILES string of the molecule is CNCCONC(=O)C1C=CC(I)=CC1(F)Nc1ccccc1.Cl. The number of benzene rings is 1. The van der Waals surface area contributed by atoms with Crippen LogP contribution in [0.15, 0.2) is 52.1 Å². The topological polar surface area (TPSA) is 62.4 Å². The Balaban J connectivity index is 0.00000288. The average Bonchev–Trinajstić information content (AvgIpc) is 2.52. The number of hydrogen-bond donors (Lipinski definition) is 3. The molecule has 0 aliphatic heterocycles. The average molecular weight is 468 g/mol. The fraction of sp³-hybridized carbons (Fsp3) is 0.312. The molecule has 1 aliphatic carbocycles. The first-order chi connectivity index (χ1) is 11.0. The van der Waals surface area contributed by atoms with E-state index in [1.54, 1.807) is 37.4 Å². The second kappa shape index (κ2) is 9.97. The van der Waals surface area contributed by atoms with Crippen molar-refractivity contribution >= 4 is 46.6 Å². The van der Waals surface area contributed by atoms with E-state index in [9.17, 15) is 4.79 Å². The van der Waals surface area contributed by atoms with E-state index < -0.39 is 17.6 Å². The van der Waals surface area contributed by atoms with E-state index in [2.05, 4.69) is 16.1 Å². The third-order valence-electron chi connectivity index (χ3n) is 3.27. The van der Waals surface area contributed by atoms with E-state index in [4.69, 9.17) is 4.84 Å². The monoisotopic (exact) mass is 467 g/mol. The summed E-state index contributed by atoms with van der Waals surface area (Å²) in [6, 6.07) is 8.94. The number of amides is 1. The highest BCUT2D eigenvalue weighted by atomic mass is 127. The first-order valence-electron chi connectivity index (χ1n) is 7.20. The largest absolute Gasteiger partial charge is 0.349 e. The maximum Gasteiger partial charge on any atom is 0.256 e. The van der Waals surface area contributed by atoms with Gasteiger partial charge in [0.2, 0.25) is 5.79 Å². The van der Waals surface area contributed by atoms with Gasteiger partial charge < -0.3 is 10.6 Å². The van der Waals surface area contributed by atoms with Gasteiger partial charge in [-0.2, -0.15) is 0 Å². The minimum atomic E-state index is -2.02. The number of hydroxylamine groups is 1. The second-order valence-electron chi connectivity index (χ2n) is 5.04. The number of anilines is 1. The molecule has 2 unspecified atom stereocenters. The Morgan fingerprint density at radius 1 is 1.38 bits per heavy atom. The number of nitrogens with one attached hydrogen (secondary N) is 3. The first kappa shape index (κ1) is 20.9. The molecular formula is C16H20ClFIN3O2. The zero-order valence-electron chi connectivity index (χ0n) is 13.1. The van der Waals surface area contributed by atoms with Gasteiger partial charge in [0.1, 0.15) is 5.92 Å². The Hall–Kier alpha value is -1.16. The maximum atomic E-state index is 15.4. The summed E-state index contributed by atoms with van der Waals surface area (Å²) >= 11 is 2.02. The van der Waals surface area contributed by atoms with Gasteiger partial charge in [0, 0.05) is 15.8 Å². The van der Waals surface area contributed by atoms with Crippen LogP contribution >= 0.6 is 35.0 Å². The molecule has 0 heterocycles. The number of halogens is 3. The van der Waals surface area contributed by atoms with Crippen LogP contribution in [0.1, 0.15) is 0 Å². The molecule has 2 atom stereocenters. The van der Waals surface area contributed by atoms with Gasteiger partial charge in [0.15, 0.2) is 0 Å². The van der Waals surface area contributed by atoms with E-state index in [0.29, 0.717) is 22.4 Å². The number of hydrogen-bond acceptors (Lipinski definition) is 4. The molecule has 3 N–H and O–H groups in total.